The van der Waals surface area contributed by atoms with E-state index in [2.05, 4.69) is 20.5 Å². The van der Waals surface area contributed by atoms with Crippen LogP contribution in [0.15, 0.2) is 91.5 Å². The van der Waals surface area contributed by atoms with Gasteiger partial charge in [0.2, 0.25) is 27.7 Å². The normalized spacial score (nSPS) is 20.5. The molecule has 3 aliphatic heterocycles. The van der Waals surface area contributed by atoms with Gasteiger partial charge in [-0.2, -0.15) is 9.40 Å². The van der Waals surface area contributed by atoms with E-state index >= 15 is 9.18 Å². The zero-order chi connectivity index (χ0) is 58.3. The maximum absolute atomic E-state index is 15.8. The molecule has 0 radical (unpaired) electrons. The van der Waals surface area contributed by atoms with E-state index in [0.29, 0.717) is 58.9 Å². The number of anilines is 2. The number of carbonyl (C=O) groups is 5. The van der Waals surface area contributed by atoms with Gasteiger partial charge in [0.25, 0.3) is 5.91 Å². The molecule has 1 aliphatic carbocycles. The van der Waals surface area contributed by atoms with E-state index in [1.807, 2.05) is 49.6 Å². The minimum absolute atomic E-state index is 0.0451. The van der Waals surface area contributed by atoms with Gasteiger partial charge in [0, 0.05) is 111 Å². The first-order valence-corrected chi connectivity index (χ1v) is 30.3. The maximum Gasteiger partial charge on any atom is 0.304 e. The van der Waals surface area contributed by atoms with Crippen LogP contribution >= 0.6 is 23.2 Å². The molecule has 82 heavy (non-hydrogen) atoms. The number of nitrogens with one attached hydrogen (secondary N) is 2. The molecule has 23 heteroatoms. The number of likely N-dealkylation sites (tertiary alicyclic amines) is 1. The molecule has 1 saturated carbocycles. The zero-order valence-corrected chi connectivity index (χ0v) is 48.7. The zero-order valence-electron chi connectivity index (χ0n) is 46.4. The third kappa shape index (κ3) is 12.7. The van der Waals surface area contributed by atoms with Crippen molar-refractivity contribution in [1.82, 2.24) is 48.5 Å². The number of aromatic nitrogens is 5. The lowest BCUT2D eigenvalue weighted by molar-refractivity contribution is -0.162. The first kappa shape index (κ1) is 58.3. The van der Waals surface area contributed by atoms with Crippen molar-refractivity contribution in [2.75, 3.05) is 63.4 Å². The third-order valence-electron chi connectivity index (χ3n) is 16.5. The van der Waals surface area contributed by atoms with Gasteiger partial charge in [-0.3, -0.25) is 33.5 Å². The number of unbranched alkanes of at least 4 members (excludes halogenated alkanes) is 1. The van der Waals surface area contributed by atoms with Crippen LogP contribution in [0.4, 0.5) is 15.9 Å². The Labute approximate surface area is 486 Å². The van der Waals surface area contributed by atoms with Crippen LogP contribution in [0.2, 0.25) is 10.0 Å². The van der Waals surface area contributed by atoms with Crippen LogP contribution in [-0.2, 0) is 29.2 Å². The minimum Gasteiger partial charge on any atom is -0.481 e. The Kier molecular flexibility index (Phi) is 16.9. The van der Waals surface area contributed by atoms with Crippen LogP contribution < -0.4 is 5.32 Å². The van der Waals surface area contributed by atoms with Crippen molar-refractivity contribution >= 4 is 80.0 Å². The lowest BCUT2D eigenvalue weighted by Crippen LogP contribution is -2.61. The SMILES string of the molecule is CC(C)(C)[C@@H](CS(=O)(=O)N1CCN(C(=O)CCCCC(=O)N2CCN(C(=O)c3ccc(Nc4nc(C5CC5)cn5c(-c6cn[nH]c6)cnc45)c(F)c3)CC2)CC1)N1C(=O)[C@@](C)(CC(=O)O)C[C@H](c2cccc(Cl)c2)[C@H]1c1ccc(Cl)cc1. The summed E-state index contributed by atoms with van der Waals surface area (Å²) in [6, 6.07) is 17.0. The second-order valence-corrected chi connectivity index (χ2v) is 26.3. The first-order valence-electron chi connectivity index (χ1n) is 27.9. The summed E-state index contributed by atoms with van der Waals surface area (Å²) in [5.74, 6) is -3.02. The number of piperazine rings is 2. The van der Waals surface area contributed by atoms with Gasteiger partial charge in [0.1, 0.15) is 5.82 Å². The summed E-state index contributed by atoms with van der Waals surface area (Å²) in [6.45, 7) is 8.84. The lowest BCUT2D eigenvalue weighted by atomic mass is 9.66. The molecule has 3 N–H and O–H groups in total. The van der Waals surface area contributed by atoms with E-state index in [9.17, 15) is 32.7 Å². The van der Waals surface area contributed by atoms with Gasteiger partial charge in [-0.15, -0.1) is 0 Å². The average molecular weight is 1180 g/mol. The average Bonchev–Trinajstić information content (AvgIpc) is 3.58. The largest absolute Gasteiger partial charge is 0.481 e. The highest BCUT2D eigenvalue weighted by Crippen LogP contribution is 2.54. The van der Waals surface area contributed by atoms with Crippen molar-refractivity contribution in [2.24, 2.45) is 10.8 Å². The van der Waals surface area contributed by atoms with Gasteiger partial charge in [0.15, 0.2) is 11.5 Å². The van der Waals surface area contributed by atoms with Gasteiger partial charge < -0.3 is 30.0 Å². The summed E-state index contributed by atoms with van der Waals surface area (Å²) in [4.78, 5) is 83.9. The Hall–Kier alpha value is -6.94. The number of aliphatic carboxylic acids is 1. The van der Waals surface area contributed by atoms with Gasteiger partial charge >= 0.3 is 5.97 Å². The molecule has 6 aromatic rings. The van der Waals surface area contributed by atoms with E-state index in [0.717, 1.165) is 35.4 Å². The smallest absolute Gasteiger partial charge is 0.304 e. The topological polar surface area (TPSA) is 227 Å². The molecule has 4 atom stereocenters. The number of halogens is 3. The van der Waals surface area contributed by atoms with E-state index in [-0.39, 0.29) is 87.5 Å². The number of hydrogen-bond acceptors (Lipinski definition) is 11. The third-order valence-corrected chi connectivity index (χ3v) is 18.9. The number of carboxylic acid groups (broad SMARTS) is 1. The molecule has 4 aliphatic rings. The fourth-order valence-electron chi connectivity index (χ4n) is 11.8. The maximum atomic E-state index is 15.8. The highest BCUT2D eigenvalue weighted by Gasteiger charge is 2.55. The molecule has 0 bridgehead atoms. The molecule has 0 spiro atoms. The summed E-state index contributed by atoms with van der Waals surface area (Å²) >= 11 is 12.9. The highest BCUT2D eigenvalue weighted by molar-refractivity contribution is 7.89. The van der Waals surface area contributed by atoms with E-state index in [4.69, 9.17) is 28.2 Å². The monoisotopic (exact) mass is 1180 g/mol. The van der Waals surface area contributed by atoms with Crippen molar-refractivity contribution in [3.8, 4) is 11.3 Å². The number of carboxylic acids is 1. The molecule has 3 aromatic heterocycles. The van der Waals surface area contributed by atoms with Crippen molar-refractivity contribution in [1.29, 1.82) is 0 Å². The second-order valence-electron chi connectivity index (χ2n) is 23.5. The van der Waals surface area contributed by atoms with Crippen molar-refractivity contribution in [3.05, 3.63) is 130 Å². The Morgan fingerprint density at radius 1 is 0.854 bits per heavy atom. The molecule has 3 saturated heterocycles. The molecule has 6 heterocycles. The summed E-state index contributed by atoms with van der Waals surface area (Å²) in [5, 5.41) is 21.1. The molecular formula is C59H68Cl2FN11O8S. The predicted molar refractivity (Wildman–Crippen MR) is 309 cm³/mol. The summed E-state index contributed by atoms with van der Waals surface area (Å²) in [6.07, 6.45) is 10.2. The van der Waals surface area contributed by atoms with Gasteiger partial charge in [-0.25, -0.2) is 22.8 Å². The lowest BCUT2D eigenvalue weighted by Gasteiger charge is -2.54. The molecule has 19 nitrogen and oxygen atoms in total. The number of amides is 4. The van der Waals surface area contributed by atoms with Crippen LogP contribution in [0.1, 0.15) is 124 Å². The van der Waals surface area contributed by atoms with Gasteiger partial charge in [-0.05, 0) is 91.1 Å². The fraction of sp³-hybridized carbons (Fsp3) is 0.458. The predicted octanol–water partition coefficient (Wildman–Crippen LogP) is 9.16. The number of H-pyrrole nitrogens is 1. The number of sulfonamides is 1. The van der Waals surface area contributed by atoms with Crippen LogP contribution in [0.25, 0.3) is 16.9 Å². The van der Waals surface area contributed by atoms with Crippen LogP contribution in [0.3, 0.4) is 0 Å². The quantitative estimate of drug-likeness (QED) is 0.0685. The summed E-state index contributed by atoms with van der Waals surface area (Å²) in [7, 11) is -4.08. The molecule has 434 valence electrons. The van der Waals surface area contributed by atoms with Gasteiger partial charge in [-0.1, -0.05) is 75.2 Å². The number of aromatic amines is 1. The number of hydrogen-bond donors (Lipinski definition) is 3. The number of piperidine rings is 1. The van der Waals surface area contributed by atoms with Crippen LogP contribution in [0, 0.1) is 16.6 Å². The molecular weight excluding hydrogens is 1110 g/mol. The summed E-state index contributed by atoms with van der Waals surface area (Å²) in [5.41, 5.74) is 2.66. The van der Waals surface area contributed by atoms with Crippen molar-refractivity contribution in [3.63, 3.8) is 0 Å². The minimum atomic E-state index is -4.08. The van der Waals surface area contributed by atoms with Crippen LogP contribution in [0.5, 0.6) is 0 Å². The number of benzene rings is 3. The first-order chi connectivity index (χ1) is 39.1. The van der Waals surface area contributed by atoms with E-state index in [1.54, 1.807) is 81.5 Å². The number of imidazole rings is 1. The number of carbonyl (C=O) groups excluding carboxylic acids is 4. The Morgan fingerprint density at radius 2 is 1.51 bits per heavy atom. The van der Waals surface area contributed by atoms with Crippen LogP contribution in [-0.4, -0.2) is 156 Å². The van der Waals surface area contributed by atoms with Crippen molar-refractivity contribution < 1.29 is 41.9 Å². The Morgan fingerprint density at radius 3 is 2.11 bits per heavy atom. The molecule has 3 aromatic carbocycles. The number of fused-ring (bicyclic) bond motifs is 1. The Bertz CT molecular complexity index is 3490. The molecule has 4 amide bonds. The fourth-order valence-corrected chi connectivity index (χ4v) is 14.2. The van der Waals surface area contributed by atoms with E-state index < -0.39 is 68.7 Å². The van der Waals surface area contributed by atoms with Crippen molar-refractivity contribution in [2.45, 2.75) is 103 Å². The number of rotatable bonds is 18. The standard InChI is InChI=1S/C59H68Cl2FN11O8S/c1-58(2,3)49(73-53(38-14-17-42(60)18-15-38)44(39-8-7-9-43(61)28-39)30-59(4,57(73)79)31-52(76)77)36-82(80,81)71-26-24-69(25-27-71)51(75)11-6-5-10-50(74)68-20-22-70(23-21-68)56(78)40-16-19-46(45(62)29-40)66-54-55-63-34-48(41-32-64-65-33-41)72(55)35-47(67-54)37-12-13-37/h7-9,14-19,28-29,32-35,37,44,49,53H,5-6,10-13,20-27,30-31,36H2,1-4H3,(H,64,65)(H,66,67)(H,76,77)/t44-,49-,53-,59-/m1/s1. The summed E-state index contributed by atoms with van der Waals surface area (Å²) < 4.78 is 48.3. The second kappa shape index (κ2) is 23.7. The Balaban J connectivity index is 0.706. The van der Waals surface area contributed by atoms with Gasteiger partial charge in [0.05, 0.1) is 59.1 Å². The molecule has 4 fully saturated rings. The van der Waals surface area contributed by atoms with E-state index in [1.165, 1.54) is 16.4 Å². The number of nitrogens with zero attached hydrogens (tertiary/aromatic N) is 9. The molecule has 10 rings (SSSR count). The molecule has 0 unspecified atom stereocenters. The highest BCUT2D eigenvalue weighted by atomic mass is 35.5.